The molecule has 2 fully saturated rings. The number of rotatable bonds is 6. The fourth-order valence-electron chi connectivity index (χ4n) is 3.55. The van der Waals surface area contributed by atoms with E-state index in [1.54, 1.807) is 0 Å². The summed E-state index contributed by atoms with van der Waals surface area (Å²) in [7, 11) is 0. The van der Waals surface area contributed by atoms with E-state index in [4.69, 9.17) is 0 Å². The number of nitrogens with one attached hydrogen (secondary N) is 1. The fourth-order valence-corrected chi connectivity index (χ4v) is 3.55. The van der Waals surface area contributed by atoms with Crippen molar-refractivity contribution in [1.82, 2.24) is 10.2 Å². The van der Waals surface area contributed by atoms with Crippen molar-refractivity contribution in [2.75, 3.05) is 6.54 Å². The molecule has 110 valence electrons. The van der Waals surface area contributed by atoms with E-state index >= 15 is 0 Å². The predicted octanol–water partition coefficient (Wildman–Crippen LogP) is 3.15. The summed E-state index contributed by atoms with van der Waals surface area (Å²) in [6.07, 6.45) is 9.26. The largest absolute Gasteiger partial charge is 0.326 e. The minimum atomic E-state index is 0.0238. The maximum atomic E-state index is 12.3. The van der Waals surface area contributed by atoms with Gasteiger partial charge in [-0.1, -0.05) is 39.5 Å². The average Bonchev–Trinajstić information content (AvgIpc) is 2.96. The number of hydrogen-bond acceptors (Lipinski definition) is 2. The topological polar surface area (TPSA) is 32.3 Å². The summed E-state index contributed by atoms with van der Waals surface area (Å²) in [6.45, 7) is 7.50. The maximum absolute atomic E-state index is 12.3. The van der Waals surface area contributed by atoms with Crippen LogP contribution < -0.4 is 5.32 Å². The third-order valence-corrected chi connectivity index (χ3v) is 4.69. The van der Waals surface area contributed by atoms with Crippen LogP contribution in [0, 0.1) is 11.8 Å². The van der Waals surface area contributed by atoms with Crippen LogP contribution in [0.4, 0.5) is 0 Å². The van der Waals surface area contributed by atoms with Gasteiger partial charge < -0.3 is 4.90 Å². The van der Waals surface area contributed by atoms with Crippen LogP contribution in [-0.2, 0) is 4.79 Å². The minimum Gasteiger partial charge on any atom is -0.326 e. The van der Waals surface area contributed by atoms with Gasteiger partial charge in [0.2, 0.25) is 5.91 Å². The van der Waals surface area contributed by atoms with Crippen LogP contribution >= 0.6 is 0 Å². The molecule has 0 bridgehead atoms. The van der Waals surface area contributed by atoms with E-state index in [0.717, 1.165) is 18.9 Å². The molecule has 0 radical (unpaired) electrons. The summed E-state index contributed by atoms with van der Waals surface area (Å²) in [5, 5.41) is 3.52. The van der Waals surface area contributed by atoms with Crippen molar-refractivity contribution in [1.29, 1.82) is 0 Å². The van der Waals surface area contributed by atoms with E-state index in [0.29, 0.717) is 18.0 Å². The molecule has 0 aromatic heterocycles. The second-order valence-corrected chi connectivity index (χ2v) is 6.80. The van der Waals surface area contributed by atoms with E-state index in [2.05, 4.69) is 24.1 Å². The molecule has 1 aliphatic heterocycles. The second-order valence-electron chi connectivity index (χ2n) is 6.80. The zero-order valence-electron chi connectivity index (χ0n) is 12.8. The van der Waals surface area contributed by atoms with E-state index < -0.39 is 0 Å². The first-order valence-corrected chi connectivity index (χ1v) is 8.16. The van der Waals surface area contributed by atoms with Crippen molar-refractivity contribution in [3.05, 3.63) is 0 Å². The first-order valence-electron chi connectivity index (χ1n) is 8.16. The van der Waals surface area contributed by atoms with Gasteiger partial charge in [-0.2, -0.15) is 0 Å². The normalized spacial score (nSPS) is 28.8. The quantitative estimate of drug-likeness (QED) is 0.749. The van der Waals surface area contributed by atoms with Gasteiger partial charge in [-0.3, -0.25) is 10.1 Å². The number of carbonyl (C=O) groups is 1. The third-order valence-electron chi connectivity index (χ3n) is 4.69. The van der Waals surface area contributed by atoms with Crippen LogP contribution in [0.1, 0.15) is 65.7 Å². The monoisotopic (exact) mass is 266 g/mol. The van der Waals surface area contributed by atoms with Crippen LogP contribution in [0.5, 0.6) is 0 Å². The first kappa shape index (κ1) is 14.8. The highest BCUT2D eigenvalue weighted by Gasteiger charge is 2.40. The molecular formula is C16H30N2O. The summed E-state index contributed by atoms with van der Waals surface area (Å²) in [5.74, 6) is 1.79. The van der Waals surface area contributed by atoms with Gasteiger partial charge in [-0.25, -0.2) is 0 Å². The molecule has 0 spiro atoms. The second kappa shape index (κ2) is 6.74. The molecule has 2 unspecified atom stereocenters. The molecular weight excluding hydrogens is 236 g/mol. The number of carbonyl (C=O) groups excluding carboxylic acids is 1. The zero-order valence-corrected chi connectivity index (χ0v) is 12.8. The lowest BCUT2D eigenvalue weighted by atomic mass is 10.0. The molecule has 1 N–H and O–H groups in total. The summed E-state index contributed by atoms with van der Waals surface area (Å²) >= 11 is 0. The molecule has 3 heteroatoms. The average molecular weight is 266 g/mol. The highest BCUT2D eigenvalue weighted by molar-refractivity contribution is 5.83. The minimum absolute atomic E-state index is 0.0238. The van der Waals surface area contributed by atoms with Gasteiger partial charge >= 0.3 is 0 Å². The molecule has 3 nitrogen and oxygen atoms in total. The lowest BCUT2D eigenvalue weighted by Crippen LogP contribution is -2.43. The number of amides is 1. The van der Waals surface area contributed by atoms with Crippen molar-refractivity contribution >= 4 is 5.91 Å². The highest BCUT2D eigenvalue weighted by atomic mass is 16.2. The Bertz CT molecular complexity index is 297. The van der Waals surface area contributed by atoms with Crippen molar-refractivity contribution in [3.8, 4) is 0 Å². The van der Waals surface area contributed by atoms with Crippen LogP contribution in [0.3, 0.4) is 0 Å². The van der Waals surface area contributed by atoms with Gasteiger partial charge in [0.1, 0.15) is 0 Å². The van der Waals surface area contributed by atoms with E-state index in [1.165, 1.54) is 38.5 Å². The van der Waals surface area contributed by atoms with Gasteiger partial charge in [-0.05, 0) is 38.0 Å². The zero-order chi connectivity index (χ0) is 13.8. The molecule has 0 aromatic rings. The van der Waals surface area contributed by atoms with Gasteiger partial charge in [0, 0.05) is 6.54 Å². The molecule has 19 heavy (non-hydrogen) atoms. The van der Waals surface area contributed by atoms with Gasteiger partial charge in [0.05, 0.1) is 12.2 Å². The predicted molar refractivity (Wildman–Crippen MR) is 78.7 cm³/mol. The molecule has 1 aliphatic carbocycles. The Hall–Kier alpha value is -0.570. The summed E-state index contributed by atoms with van der Waals surface area (Å²) in [6, 6.07) is 0.0238. The molecule has 0 aromatic carbocycles. The summed E-state index contributed by atoms with van der Waals surface area (Å²) < 4.78 is 0. The first-order chi connectivity index (χ1) is 9.09. The number of unbranched alkanes of at least 4 members (excludes halogenated alkanes) is 1. The molecule has 2 rings (SSSR count). The summed E-state index contributed by atoms with van der Waals surface area (Å²) in [5.41, 5.74) is 0. The Balaban J connectivity index is 1.85. The van der Waals surface area contributed by atoms with Crippen molar-refractivity contribution in [2.24, 2.45) is 11.8 Å². The van der Waals surface area contributed by atoms with E-state index in [9.17, 15) is 4.79 Å². The third kappa shape index (κ3) is 3.71. The Labute approximate surface area is 118 Å². The molecule has 2 aliphatic rings. The standard InChI is InChI=1S/C16H30N2O/c1-12(2)8-6-7-11-18-15(14-9-4-5-10-14)17-13(3)16(18)19/h12-15,17H,4-11H2,1-3H3. The Morgan fingerprint density at radius 1 is 1.26 bits per heavy atom. The highest BCUT2D eigenvalue weighted by Crippen LogP contribution is 2.32. The lowest BCUT2D eigenvalue weighted by Gasteiger charge is -2.29. The molecule has 1 saturated heterocycles. The van der Waals surface area contributed by atoms with Crippen LogP contribution in [0.2, 0.25) is 0 Å². The molecule has 1 saturated carbocycles. The molecule has 1 amide bonds. The fraction of sp³-hybridized carbons (Fsp3) is 0.938. The van der Waals surface area contributed by atoms with Crippen molar-refractivity contribution in [2.45, 2.75) is 77.9 Å². The van der Waals surface area contributed by atoms with Gasteiger partial charge in [0.15, 0.2) is 0 Å². The molecule has 1 heterocycles. The lowest BCUT2D eigenvalue weighted by molar-refractivity contribution is -0.130. The molecule has 2 atom stereocenters. The van der Waals surface area contributed by atoms with Crippen LogP contribution in [0.25, 0.3) is 0 Å². The number of hydrogen-bond donors (Lipinski definition) is 1. The Kier molecular flexibility index (Phi) is 5.26. The number of nitrogens with zero attached hydrogens (tertiary/aromatic N) is 1. The summed E-state index contributed by atoms with van der Waals surface area (Å²) in [4.78, 5) is 14.4. The van der Waals surface area contributed by atoms with E-state index in [-0.39, 0.29) is 6.04 Å². The Morgan fingerprint density at radius 3 is 2.58 bits per heavy atom. The van der Waals surface area contributed by atoms with Gasteiger partial charge in [-0.15, -0.1) is 0 Å². The maximum Gasteiger partial charge on any atom is 0.240 e. The van der Waals surface area contributed by atoms with Crippen molar-refractivity contribution < 1.29 is 4.79 Å². The Morgan fingerprint density at radius 2 is 1.95 bits per heavy atom. The SMILES string of the molecule is CC(C)CCCCN1C(=O)C(C)NC1C1CCCC1. The van der Waals surface area contributed by atoms with Gasteiger partial charge in [0.25, 0.3) is 0 Å². The van der Waals surface area contributed by atoms with Crippen LogP contribution in [0.15, 0.2) is 0 Å². The van der Waals surface area contributed by atoms with Crippen LogP contribution in [-0.4, -0.2) is 29.6 Å². The smallest absolute Gasteiger partial charge is 0.240 e. The van der Waals surface area contributed by atoms with Crippen molar-refractivity contribution in [3.63, 3.8) is 0 Å². The van der Waals surface area contributed by atoms with E-state index in [1.807, 2.05) is 6.92 Å².